The molecule has 0 aromatic heterocycles. The Labute approximate surface area is 828 Å². The molecule has 34 N–H and O–H groups in total. The summed E-state index contributed by atoms with van der Waals surface area (Å²) in [5.74, 6) is -11.2. The first-order chi connectivity index (χ1) is 69.0. The lowest BCUT2D eigenvalue weighted by Gasteiger charge is -2.51. The van der Waals surface area contributed by atoms with Gasteiger partial charge < -0.3 is 283 Å². The lowest BCUT2D eigenvalue weighted by Crippen LogP contribution is -2.71. The highest BCUT2D eigenvalue weighted by Gasteiger charge is 2.64. The van der Waals surface area contributed by atoms with Crippen molar-refractivity contribution >= 4 is 36.6 Å². The molecular weight excluding hydrogens is 2000 g/mol. The summed E-state index contributed by atoms with van der Waals surface area (Å²) in [7, 11) is 0. The molecule has 11 aliphatic heterocycles. The van der Waals surface area contributed by atoms with E-state index in [-0.39, 0.29) is 12.9 Å². The van der Waals surface area contributed by atoms with Gasteiger partial charge >= 0.3 is 11.9 Å². The Hall–Kier alpha value is -5.22. The van der Waals surface area contributed by atoms with E-state index in [2.05, 4.69) is 21.3 Å². The number of hydrogen-bond donors (Lipinski definition) is 34. The van der Waals surface area contributed by atoms with Crippen molar-refractivity contribution in [2.24, 2.45) is 11.8 Å². The minimum absolute atomic E-state index is 0.202. The van der Waals surface area contributed by atoms with Gasteiger partial charge in [-0.1, -0.05) is 13.8 Å². The van der Waals surface area contributed by atoms with E-state index in [0.717, 1.165) is 27.7 Å². The average molecular weight is 2140 g/mol. The van der Waals surface area contributed by atoms with Crippen LogP contribution in [0.25, 0.3) is 0 Å². The van der Waals surface area contributed by atoms with E-state index >= 15 is 0 Å². The van der Waals surface area contributed by atoms with Crippen molar-refractivity contribution in [2.45, 2.75) is 398 Å². The molecule has 11 rings (SSSR count). The summed E-state index contributed by atoms with van der Waals surface area (Å²) >= 11 is 0. The predicted octanol–water partition coefficient (Wildman–Crippen LogP) is -22.3. The van der Waals surface area contributed by atoms with E-state index in [9.17, 15) is 182 Å². The first-order valence-corrected chi connectivity index (χ1v) is 46.9. The fraction of sp³-hybridized carbons (Fsp3) is 0.928. The Morgan fingerprint density at radius 1 is 0.308 bits per heavy atom. The summed E-state index contributed by atoms with van der Waals surface area (Å²) in [6.45, 7) is -4.99. The largest absolute Gasteiger partial charge is 0.410 e. The molecule has 11 fully saturated rings. The lowest BCUT2D eigenvalue weighted by molar-refractivity contribution is -0.424. The maximum absolute atomic E-state index is 13.3. The van der Waals surface area contributed by atoms with E-state index in [1.807, 2.05) is 0 Å². The number of hydrogen-bond acceptors (Lipinski definition) is 59. The molecule has 0 aromatic rings. The minimum Gasteiger partial charge on any atom is -0.410 e. The number of aliphatic hydroxyl groups is 30. The molecule has 57 atom stereocenters. The minimum atomic E-state index is -2.70. The van der Waals surface area contributed by atoms with Gasteiger partial charge in [-0.15, -0.1) is 0 Å². The normalized spacial score (nSPS) is 47.5. The smallest absolute Gasteiger partial charge is 0.332 e. The van der Waals surface area contributed by atoms with Gasteiger partial charge in [0.05, 0.1) is 122 Å². The quantitative estimate of drug-likeness (QED) is 0.0199. The van der Waals surface area contributed by atoms with Crippen LogP contribution >= 0.6 is 0 Å². The summed E-state index contributed by atoms with van der Waals surface area (Å²) in [5, 5.41) is 349. The van der Waals surface area contributed by atoms with Gasteiger partial charge in [-0.25, -0.2) is 0 Å². The van der Waals surface area contributed by atoms with Gasteiger partial charge in [0.2, 0.25) is 23.6 Å². The summed E-state index contributed by atoms with van der Waals surface area (Å²) in [6, 6.07) is -7.37. The van der Waals surface area contributed by atoms with Crippen LogP contribution in [0.1, 0.15) is 61.3 Å². The molecule has 63 heteroatoms. The molecule has 11 heterocycles. The molecule has 11 saturated heterocycles. The maximum atomic E-state index is 13.3. The van der Waals surface area contributed by atoms with Crippen LogP contribution in [0.4, 0.5) is 0 Å². The highest BCUT2D eigenvalue weighted by Crippen LogP contribution is 2.45. The second-order valence-electron chi connectivity index (χ2n) is 37.4. The van der Waals surface area contributed by atoms with Crippen molar-refractivity contribution in [1.82, 2.24) is 21.3 Å². The van der Waals surface area contributed by atoms with Crippen molar-refractivity contribution in [3.8, 4) is 0 Å². The summed E-state index contributed by atoms with van der Waals surface area (Å²) in [6.07, 6.45) is -105. The Morgan fingerprint density at radius 2 is 0.589 bits per heavy atom. The van der Waals surface area contributed by atoms with E-state index in [1.165, 1.54) is 20.8 Å². The third-order valence-corrected chi connectivity index (χ3v) is 27.3. The summed E-state index contributed by atoms with van der Waals surface area (Å²) in [4.78, 5) is 76.0. The average Bonchev–Trinajstić information content (AvgIpc) is 0.827. The van der Waals surface area contributed by atoms with Crippen molar-refractivity contribution < 1.29 is 291 Å². The SMILES string of the molecule is CC(=O)NC1C(O)[C@H](O[C@@H]2OC(CO[C@]3(OC=O)C[C@@H](O)[C@@H](C)C(C(O)C(O)CO)O3)[C@H](O)[C@H](O)C2O)[C@H](CO)O[C@H]1OC1[C@@H](OCC2O[C@@H](O[C@@H]3C(CO)O[C@@H](O[C@@H]4C(CO)O[C@@H](C)C(NC(C)=O)[C@H]4O)C(NC(C)=O)[C@H]3O)C(O)[C@@H](O[C@H]3OC(CO)[C@@H](O)C(O)C3O[C@@H]3OC(CO)[C@H](O[C@@H]4OC(CO[C@]5(OC=O)C[C@@H](O)[C@@H](C)C(C(O)C(O)CO)O5)[C@H](O)[C@H](O)C4O)[C@H](O)C3NC(C)=O)[C@@H]2O)OC(CO)[C@@H](O)[C@@H]1O. The maximum Gasteiger partial charge on any atom is 0.332 e. The Bertz CT molecular complexity index is 4070. The molecule has 25 unspecified atom stereocenters. The van der Waals surface area contributed by atoms with Crippen LogP contribution in [-0.4, -0.2) is 599 Å². The van der Waals surface area contributed by atoms with Crippen LogP contribution < -0.4 is 21.3 Å². The Balaban J connectivity index is 0.887. The van der Waals surface area contributed by atoms with Crippen LogP contribution in [0.5, 0.6) is 0 Å². The van der Waals surface area contributed by atoms with E-state index in [1.54, 1.807) is 0 Å². The highest BCUT2D eigenvalue weighted by molar-refractivity contribution is 5.74. The number of rotatable bonds is 43. The van der Waals surface area contributed by atoms with E-state index < -0.39 is 458 Å². The number of carbonyl (C=O) groups excluding carboxylic acids is 6. The fourth-order valence-electron chi connectivity index (χ4n) is 19.1. The third-order valence-electron chi connectivity index (χ3n) is 27.3. The molecule has 0 saturated carbocycles. The highest BCUT2D eigenvalue weighted by atomic mass is 16.9. The molecule has 4 amide bonds. The predicted molar refractivity (Wildman–Crippen MR) is 452 cm³/mol. The lowest BCUT2D eigenvalue weighted by atomic mass is 9.87. The van der Waals surface area contributed by atoms with Gasteiger partial charge in [-0.3, -0.25) is 28.8 Å². The van der Waals surface area contributed by atoms with Crippen molar-refractivity contribution in [2.75, 3.05) is 72.7 Å². The molecule has 0 bridgehead atoms. The zero-order valence-corrected chi connectivity index (χ0v) is 79.4. The van der Waals surface area contributed by atoms with Crippen molar-refractivity contribution in [3.05, 3.63) is 0 Å². The summed E-state index contributed by atoms with van der Waals surface area (Å²) < 4.78 is 137. The summed E-state index contributed by atoms with van der Waals surface area (Å²) in [5.41, 5.74) is 0. The monoisotopic (exact) mass is 2130 g/mol. The molecule has 146 heavy (non-hydrogen) atoms. The number of aliphatic hydroxyl groups excluding tert-OH is 30. The molecule has 11 aliphatic rings. The zero-order chi connectivity index (χ0) is 108. The third kappa shape index (κ3) is 27.1. The molecule has 844 valence electrons. The van der Waals surface area contributed by atoms with Gasteiger partial charge in [-0.2, -0.15) is 0 Å². The van der Waals surface area contributed by atoms with Gasteiger partial charge in [0.25, 0.3) is 12.9 Å². The zero-order valence-electron chi connectivity index (χ0n) is 79.4. The van der Waals surface area contributed by atoms with Crippen molar-refractivity contribution in [1.29, 1.82) is 0 Å². The fourth-order valence-corrected chi connectivity index (χ4v) is 19.1. The molecule has 0 aliphatic carbocycles. The second-order valence-corrected chi connectivity index (χ2v) is 37.4. The number of carbonyl (C=O) groups is 6. The Kier molecular flexibility index (Phi) is 43.8. The van der Waals surface area contributed by atoms with E-state index in [0.29, 0.717) is 0 Å². The van der Waals surface area contributed by atoms with E-state index in [4.69, 9.17) is 109 Å². The first-order valence-electron chi connectivity index (χ1n) is 46.9. The van der Waals surface area contributed by atoms with Crippen LogP contribution in [0, 0.1) is 11.8 Å². The molecule has 0 spiro atoms. The molecule has 63 nitrogen and oxygen atoms in total. The molecule has 0 aromatic carbocycles. The van der Waals surface area contributed by atoms with Gasteiger partial charge in [0.15, 0.2) is 50.3 Å². The first kappa shape index (κ1) is 121. The standard InChI is InChI=1S/C83H138N4O59/c1-23-30(102)8-82(127-21-96,145-65(23)47(106)32(104)10-88)125-19-41-51(110)58(117)62(121)77(136-41)139-68-37(15-93)133-75(45(56(68)115)86-28(6)100)143-72-60(119)49(108)34(12-90)130-80(72)124-18-40-53(112)71(64(123)79(135-40)141-70-39(17-95)132-74(44(55(70)114)85-27(5)99)138-67-36(14-92)129-25(3)43(54(67)113)84-26(4)98)142-81-73(61(120)50(109)35(13-91)131-81)144-76-46(87-29(7)101)57(116)69(38(16-94)134-76)140-78-63(122)59(118)52(111)42(137-78)20-126-83(128-22-97)9-31(103)24(2)66(146-83)48(107)33(105)11-89/h21-25,30-81,88-95,102-123H,8-20H2,1-7H3,(H,84,98)(H,85,99)(H,86,100)(H,87,101)/t23-,24-,25+,30-,31-,32?,33?,34?,35?,36?,37+,38?,39?,40?,41?,42?,43?,44?,45?,46?,47?,48?,49-,50-,51+,52+,53-,54-,55-,56?,57-,58+,59+,60+,61?,62?,63?,64?,65?,66?,67-,68-,69+,70-,71+,72?,73?,74+,75+,76+,77+,78+,79+,80+,81-,82+,83+/m1/s1. The Morgan fingerprint density at radius 3 is 0.932 bits per heavy atom. The van der Waals surface area contributed by atoms with Gasteiger partial charge in [0.1, 0.15) is 238 Å². The van der Waals surface area contributed by atoms with Gasteiger partial charge in [0, 0.05) is 39.5 Å². The van der Waals surface area contributed by atoms with Crippen LogP contribution in [0.3, 0.4) is 0 Å². The number of nitrogens with one attached hydrogen (secondary N) is 4. The van der Waals surface area contributed by atoms with Crippen molar-refractivity contribution in [3.63, 3.8) is 0 Å². The van der Waals surface area contributed by atoms with Crippen LogP contribution in [0.15, 0.2) is 0 Å². The number of amides is 4. The van der Waals surface area contributed by atoms with Crippen LogP contribution in [-0.2, 0) is 138 Å². The van der Waals surface area contributed by atoms with Gasteiger partial charge in [-0.05, 0) is 6.92 Å². The number of ether oxygens (including phenoxy) is 23. The molecular formula is C83H138N4O59. The molecule has 0 radical (unpaired) electrons. The van der Waals surface area contributed by atoms with Crippen LogP contribution in [0.2, 0.25) is 0 Å². The second kappa shape index (κ2) is 52.8. The topological polar surface area (TPSA) is 970 Å².